The summed E-state index contributed by atoms with van der Waals surface area (Å²) in [4.78, 5) is 28.9. The van der Waals surface area contributed by atoms with Gasteiger partial charge in [-0.3, -0.25) is 9.59 Å². The molecule has 0 aromatic heterocycles. The molecule has 1 aliphatic carbocycles. The van der Waals surface area contributed by atoms with Crippen LogP contribution >= 0.6 is 0 Å². The Bertz CT molecular complexity index is 639. The lowest BCUT2D eigenvalue weighted by atomic mass is 10.1. The zero-order chi connectivity index (χ0) is 18.2. The van der Waals surface area contributed by atoms with E-state index in [1.807, 2.05) is 0 Å². The number of carbonyl (C=O) groups is 2. The van der Waals surface area contributed by atoms with Crippen LogP contribution in [0.15, 0.2) is 29.4 Å². The minimum atomic E-state index is -0.361. The van der Waals surface area contributed by atoms with Crippen LogP contribution in [0.1, 0.15) is 49.9 Å². The van der Waals surface area contributed by atoms with Crippen molar-refractivity contribution in [1.29, 1.82) is 0 Å². The SMILES string of the molecule is CC(C)CC/C(N)=N/OCC(=O)Nc1cccc(C(=O)NC2CC2)c1. The number of nitrogens with zero attached hydrogens (tertiary/aromatic N) is 1. The van der Waals surface area contributed by atoms with E-state index >= 15 is 0 Å². The number of hydrogen-bond acceptors (Lipinski definition) is 4. The lowest BCUT2D eigenvalue weighted by Crippen LogP contribution is -2.25. The molecule has 0 spiro atoms. The first-order valence-corrected chi connectivity index (χ1v) is 8.59. The van der Waals surface area contributed by atoms with Crippen LogP contribution in [-0.2, 0) is 9.63 Å². The molecule has 136 valence electrons. The summed E-state index contributed by atoms with van der Waals surface area (Å²) in [6, 6.07) is 7.07. The molecule has 0 atom stereocenters. The predicted molar refractivity (Wildman–Crippen MR) is 97.2 cm³/mol. The third-order valence-corrected chi connectivity index (χ3v) is 3.68. The minimum absolute atomic E-state index is 0.127. The topological polar surface area (TPSA) is 106 Å². The molecule has 4 N–H and O–H groups in total. The number of carbonyl (C=O) groups excluding carboxylic acids is 2. The highest BCUT2D eigenvalue weighted by Gasteiger charge is 2.23. The monoisotopic (exact) mass is 346 g/mol. The number of rotatable bonds is 9. The van der Waals surface area contributed by atoms with E-state index in [1.165, 1.54) is 0 Å². The van der Waals surface area contributed by atoms with E-state index in [0.717, 1.165) is 19.3 Å². The Morgan fingerprint density at radius 1 is 1.36 bits per heavy atom. The van der Waals surface area contributed by atoms with E-state index in [1.54, 1.807) is 24.3 Å². The highest BCUT2D eigenvalue weighted by molar-refractivity contribution is 5.97. The number of amidine groups is 1. The van der Waals surface area contributed by atoms with Gasteiger partial charge in [-0.05, 0) is 43.4 Å². The fourth-order valence-electron chi connectivity index (χ4n) is 2.09. The van der Waals surface area contributed by atoms with Crippen molar-refractivity contribution in [3.8, 4) is 0 Å². The van der Waals surface area contributed by atoms with Crippen LogP contribution in [0.25, 0.3) is 0 Å². The smallest absolute Gasteiger partial charge is 0.265 e. The fraction of sp³-hybridized carbons (Fsp3) is 0.500. The van der Waals surface area contributed by atoms with Gasteiger partial charge in [-0.2, -0.15) is 0 Å². The summed E-state index contributed by atoms with van der Waals surface area (Å²) < 4.78 is 0. The fourth-order valence-corrected chi connectivity index (χ4v) is 2.09. The van der Waals surface area contributed by atoms with Gasteiger partial charge in [-0.25, -0.2) is 0 Å². The summed E-state index contributed by atoms with van der Waals surface area (Å²) in [7, 11) is 0. The molecule has 25 heavy (non-hydrogen) atoms. The first-order valence-electron chi connectivity index (χ1n) is 8.59. The number of oxime groups is 1. The second-order valence-electron chi connectivity index (χ2n) is 6.67. The van der Waals surface area contributed by atoms with E-state index in [-0.39, 0.29) is 24.5 Å². The van der Waals surface area contributed by atoms with Crippen LogP contribution in [0.4, 0.5) is 5.69 Å². The van der Waals surface area contributed by atoms with Crippen molar-refractivity contribution in [3.05, 3.63) is 29.8 Å². The van der Waals surface area contributed by atoms with Gasteiger partial charge in [-0.1, -0.05) is 25.1 Å². The molecular weight excluding hydrogens is 320 g/mol. The van der Waals surface area contributed by atoms with Gasteiger partial charge in [0.25, 0.3) is 11.8 Å². The van der Waals surface area contributed by atoms with Crippen molar-refractivity contribution < 1.29 is 14.4 Å². The van der Waals surface area contributed by atoms with E-state index < -0.39 is 0 Å². The quantitative estimate of drug-likeness (QED) is 0.362. The van der Waals surface area contributed by atoms with Gasteiger partial charge in [-0.15, -0.1) is 0 Å². The molecule has 1 aromatic carbocycles. The first kappa shape index (κ1) is 18.8. The number of anilines is 1. The van der Waals surface area contributed by atoms with Gasteiger partial charge in [0.1, 0.15) is 5.84 Å². The van der Waals surface area contributed by atoms with Crippen molar-refractivity contribution in [2.24, 2.45) is 16.8 Å². The maximum absolute atomic E-state index is 12.0. The molecule has 2 amide bonds. The zero-order valence-electron chi connectivity index (χ0n) is 14.7. The van der Waals surface area contributed by atoms with Gasteiger partial charge in [0.2, 0.25) is 0 Å². The second-order valence-corrected chi connectivity index (χ2v) is 6.67. The molecule has 1 aliphatic rings. The number of amides is 2. The molecule has 0 saturated heterocycles. The Balaban J connectivity index is 1.78. The molecule has 1 saturated carbocycles. The Morgan fingerprint density at radius 2 is 2.12 bits per heavy atom. The third kappa shape index (κ3) is 7.24. The maximum atomic E-state index is 12.0. The van der Waals surface area contributed by atoms with E-state index in [4.69, 9.17) is 10.6 Å². The van der Waals surface area contributed by atoms with Crippen LogP contribution in [0.5, 0.6) is 0 Å². The van der Waals surface area contributed by atoms with Crippen molar-refractivity contribution in [1.82, 2.24) is 5.32 Å². The van der Waals surface area contributed by atoms with Crippen LogP contribution in [0.2, 0.25) is 0 Å². The Labute approximate surface area is 148 Å². The molecule has 7 heteroatoms. The van der Waals surface area contributed by atoms with Gasteiger partial charge < -0.3 is 21.2 Å². The zero-order valence-corrected chi connectivity index (χ0v) is 14.7. The molecule has 0 radical (unpaired) electrons. The standard InChI is InChI=1S/C18H26N4O3/c1-12(2)6-9-16(19)22-25-11-17(23)20-15-5-3-4-13(10-15)18(24)21-14-7-8-14/h3-5,10,12,14H,6-9,11H2,1-2H3,(H2,19,22)(H,20,23)(H,21,24). The summed E-state index contributed by atoms with van der Waals surface area (Å²) in [5.74, 6) is 0.416. The highest BCUT2D eigenvalue weighted by atomic mass is 16.6. The largest absolute Gasteiger partial charge is 0.384 e. The van der Waals surface area contributed by atoms with E-state index in [9.17, 15) is 9.59 Å². The number of hydrogen-bond donors (Lipinski definition) is 3. The van der Waals surface area contributed by atoms with E-state index in [0.29, 0.717) is 29.4 Å². The number of nitrogens with one attached hydrogen (secondary N) is 2. The van der Waals surface area contributed by atoms with Crippen molar-refractivity contribution >= 4 is 23.3 Å². The van der Waals surface area contributed by atoms with Crippen LogP contribution in [-0.4, -0.2) is 30.3 Å². The van der Waals surface area contributed by atoms with E-state index in [2.05, 4.69) is 29.6 Å². The van der Waals surface area contributed by atoms with Crippen LogP contribution < -0.4 is 16.4 Å². The van der Waals surface area contributed by atoms with Crippen molar-refractivity contribution in [2.75, 3.05) is 11.9 Å². The molecule has 1 aromatic rings. The van der Waals surface area contributed by atoms with Crippen LogP contribution in [0, 0.1) is 5.92 Å². The lowest BCUT2D eigenvalue weighted by molar-refractivity contribution is -0.120. The number of nitrogens with two attached hydrogens (primary N) is 1. The number of benzene rings is 1. The molecule has 0 heterocycles. The van der Waals surface area contributed by atoms with Gasteiger partial charge in [0, 0.05) is 23.7 Å². The molecule has 1 fully saturated rings. The maximum Gasteiger partial charge on any atom is 0.265 e. The Morgan fingerprint density at radius 3 is 2.80 bits per heavy atom. The van der Waals surface area contributed by atoms with Gasteiger partial charge in [0.15, 0.2) is 6.61 Å². The average molecular weight is 346 g/mol. The second kappa shape index (κ2) is 9.05. The lowest BCUT2D eigenvalue weighted by Gasteiger charge is -2.08. The summed E-state index contributed by atoms with van der Waals surface area (Å²) in [6.45, 7) is 3.96. The molecular formula is C18H26N4O3. The highest BCUT2D eigenvalue weighted by Crippen LogP contribution is 2.20. The van der Waals surface area contributed by atoms with Gasteiger partial charge in [0.05, 0.1) is 0 Å². The predicted octanol–water partition coefficient (Wildman–Crippen LogP) is 2.24. The molecule has 2 rings (SSSR count). The molecule has 0 aliphatic heterocycles. The first-order chi connectivity index (χ1) is 11.9. The summed E-state index contributed by atoms with van der Waals surface area (Å²) >= 11 is 0. The third-order valence-electron chi connectivity index (χ3n) is 3.68. The molecule has 7 nitrogen and oxygen atoms in total. The summed E-state index contributed by atoms with van der Waals surface area (Å²) in [5.41, 5.74) is 6.76. The normalized spacial score (nSPS) is 14.3. The Kier molecular flexibility index (Phi) is 6.80. The summed E-state index contributed by atoms with van der Waals surface area (Å²) in [6.07, 6.45) is 3.61. The van der Waals surface area contributed by atoms with Gasteiger partial charge >= 0.3 is 0 Å². The summed E-state index contributed by atoms with van der Waals surface area (Å²) in [5, 5.41) is 9.32. The van der Waals surface area contributed by atoms with Crippen molar-refractivity contribution in [2.45, 2.75) is 45.6 Å². The molecule has 0 unspecified atom stereocenters. The van der Waals surface area contributed by atoms with Crippen molar-refractivity contribution in [3.63, 3.8) is 0 Å². The van der Waals surface area contributed by atoms with Crippen LogP contribution in [0.3, 0.4) is 0 Å². The Hall–Kier alpha value is -2.57. The minimum Gasteiger partial charge on any atom is -0.384 e. The molecule has 0 bridgehead atoms. The average Bonchev–Trinajstić information content (AvgIpc) is 3.37.